The zero-order valence-corrected chi connectivity index (χ0v) is 23.8. The molecule has 0 aromatic heterocycles. The Bertz CT molecular complexity index is 952. The summed E-state index contributed by atoms with van der Waals surface area (Å²) in [4.78, 5) is 16.9. The highest BCUT2D eigenvalue weighted by atomic mass is 16.7. The number of piperidine rings is 1. The van der Waals surface area contributed by atoms with Crippen molar-refractivity contribution in [2.75, 3.05) is 50.9 Å². The number of anilines is 1. The highest BCUT2D eigenvalue weighted by Crippen LogP contribution is 2.30. The second-order valence-electron chi connectivity index (χ2n) is 10.6. The number of unbranched alkanes of at least 4 members (excludes halogenated alkanes) is 2. The van der Waals surface area contributed by atoms with Gasteiger partial charge in [0.05, 0.1) is 13.2 Å². The predicted molar refractivity (Wildman–Crippen MR) is 154 cm³/mol. The van der Waals surface area contributed by atoms with Crippen LogP contribution in [0, 0.1) is 5.92 Å². The van der Waals surface area contributed by atoms with E-state index in [0.717, 1.165) is 76.0 Å². The van der Waals surface area contributed by atoms with Gasteiger partial charge in [0.15, 0.2) is 6.29 Å². The Labute approximate surface area is 234 Å². The fourth-order valence-corrected chi connectivity index (χ4v) is 5.16. The number of carbonyl (C=O) groups is 1. The number of benzene rings is 2. The topological polar surface area (TPSA) is 60.5 Å². The summed E-state index contributed by atoms with van der Waals surface area (Å²) in [6.07, 6.45) is 6.04. The molecule has 1 amide bonds. The lowest BCUT2D eigenvalue weighted by Gasteiger charge is -2.37. The second-order valence-corrected chi connectivity index (χ2v) is 10.6. The fourth-order valence-electron chi connectivity index (χ4n) is 5.16. The average molecular weight is 539 g/mol. The molecule has 0 radical (unpaired) electrons. The number of hydrogen-bond donors (Lipinski definition) is 0. The molecule has 2 saturated heterocycles. The molecule has 2 aliphatic rings. The standard InChI is InChI=1S/C32H46N2O5/c1-3-5-21-37-31(38-22-6-4-2)28-16-18-33(19-17-28)29-14-12-27(13-15-29)30-24-34(20-23-36-30)32(35)39-25-26-10-8-7-9-11-26/h7-15,28,30-31H,3-6,16-25H2,1-2H3. The lowest BCUT2D eigenvalue weighted by Crippen LogP contribution is -2.42. The Balaban J connectivity index is 1.25. The molecule has 1 atom stereocenters. The summed E-state index contributed by atoms with van der Waals surface area (Å²) in [5.74, 6) is 0.442. The van der Waals surface area contributed by atoms with E-state index in [2.05, 4.69) is 43.0 Å². The number of hydrogen-bond acceptors (Lipinski definition) is 6. The first-order valence-electron chi connectivity index (χ1n) is 14.8. The molecule has 39 heavy (non-hydrogen) atoms. The first-order chi connectivity index (χ1) is 19.2. The first-order valence-corrected chi connectivity index (χ1v) is 14.8. The van der Waals surface area contributed by atoms with Crippen LogP contribution >= 0.6 is 0 Å². The number of ether oxygens (including phenoxy) is 4. The highest BCUT2D eigenvalue weighted by molar-refractivity contribution is 5.67. The average Bonchev–Trinajstić information content (AvgIpc) is 3.00. The summed E-state index contributed by atoms with van der Waals surface area (Å²) >= 11 is 0. The molecule has 4 rings (SSSR count). The van der Waals surface area contributed by atoms with Gasteiger partial charge in [-0.15, -0.1) is 0 Å². The van der Waals surface area contributed by atoms with Gasteiger partial charge in [-0.2, -0.15) is 0 Å². The first kappa shape index (κ1) is 29.4. The molecule has 0 aliphatic carbocycles. The van der Waals surface area contributed by atoms with E-state index in [-0.39, 0.29) is 25.1 Å². The number of rotatable bonds is 13. The van der Waals surface area contributed by atoms with Crippen LogP contribution in [0.5, 0.6) is 0 Å². The maximum Gasteiger partial charge on any atom is 0.410 e. The third-order valence-electron chi connectivity index (χ3n) is 7.64. The van der Waals surface area contributed by atoms with Gasteiger partial charge in [0.1, 0.15) is 12.7 Å². The summed E-state index contributed by atoms with van der Waals surface area (Å²) in [6, 6.07) is 18.4. The van der Waals surface area contributed by atoms with Crippen LogP contribution in [0.1, 0.15) is 69.6 Å². The minimum Gasteiger partial charge on any atom is -0.445 e. The zero-order valence-electron chi connectivity index (χ0n) is 23.8. The number of nitrogens with zero attached hydrogens (tertiary/aromatic N) is 2. The van der Waals surface area contributed by atoms with Crippen molar-refractivity contribution >= 4 is 11.8 Å². The van der Waals surface area contributed by atoms with Gasteiger partial charge in [-0.1, -0.05) is 69.2 Å². The van der Waals surface area contributed by atoms with Gasteiger partial charge in [0.2, 0.25) is 0 Å². The van der Waals surface area contributed by atoms with Crippen LogP contribution in [0.25, 0.3) is 0 Å². The molecule has 0 saturated carbocycles. The van der Waals surface area contributed by atoms with Gasteiger partial charge in [0, 0.05) is 44.5 Å². The Morgan fingerprint density at radius 1 is 0.923 bits per heavy atom. The number of carbonyl (C=O) groups excluding carboxylic acids is 1. The zero-order chi connectivity index (χ0) is 27.3. The van der Waals surface area contributed by atoms with E-state index >= 15 is 0 Å². The van der Waals surface area contributed by atoms with Gasteiger partial charge in [0.25, 0.3) is 0 Å². The van der Waals surface area contributed by atoms with Gasteiger partial charge >= 0.3 is 6.09 Å². The van der Waals surface area contributed by atoms with Crippen molar-refractivity contribution in [3.63, 3.8) is 0 Å². The van der Waals surface area contributed by atoms with Gasteiger partial charge in [-0.05, 0) is 48.9 Å². The summed E-state index contributed by atoms with van der Waals surface area (Å²) < 4.78 is 23.9. The van der Waals surface area contributed by atoms with Crippen LogP contribution in [0.15, 0.2) is 54.6 Å². The highest BCUT2D eigenvalue weighted by Gasteiger charge is 2.29. The van der Waals surface area contributed by atoms with Crippen molar-refractivity contribution in [2.45, 2.75) is 71.4 Å². The van der Waals surface area contributed by atoms with Crippen LogP contribution in [0.3, 0.4) is 0 Å². The van der Waals surface area contributed by atoms with E-state index < -0.39 is 0 Å². The molecular formula is C32H46N2O5. The van der Waals surface area contributed by atoms with Crippen LogP contribution in [0.4, 0.5) is 10.5 Å². The van der Waals surface area contributed by atoms with Gasteiger partial charge in [-0.3, -0.25) is 0 Å². The normalized spacial score (nSPS) is 18.5. The molecule has 0 bridgehead atoms. The van der Waals surface area contributed by atoms with Crippen LogP contribution < -0.4 is 4.90 Å². The quantitative estimate of drug-likeness (QED) is 0.212. The third-order valence-corrected chi connectivity index (χ3v) is 7.64. The molecule has 0 N–H and O–H groups in total. The molecular weight excluding hydrogens is 492 g/mol. The second kappa shape index (κ2) is 15.8. The maximum atomic E-state index is 12.7. The summed E-state index contributed by atoms with van der Waals surface area (Å²) in [5, 5.41) is 0. The summed E-state index contributed by atoms with van der Waals surface area (Å²) in [7, 11) is 0. The van der Waals surface area contributed by atoms with Gasteiger partial charge < -0.3 is 28.7 Å². The maximum absolute atomic E-state index is 12.7. The Morgan fingerprint density at radius 2 is 1.59 bits per heavy atom. The lowest BCUT2D eigenvalue weighted by atomic mass is 9.95. The molecule has 2 heterocycles. The van der Waals surface area contributed by atoms with Crippen molar-refractivity contribution in [3.8, 4) is 0 Å². The summed E-state index contributed by atoms with van der Waals surface area (Å²) in [5.41, 5.74) is 3.30. The summed E-state index contributed by atoms with van der Waals surface area (Å²) in [6.45, 7) is 9.76. The van der Waals surface area contributed by atoms with Crippen molar-refractivity contribution < 1.29 is 23.7 Å². The van der Waals surface area contributed by atoms with Crippen molar-refractivity contribution in [1.82, 2.24) is 4.90 Å². The molecule has 0 spiro atoms. The van der Waals surface area contributed by atoms with Gasteiger partial charge in [-0.25, -0.2) is 4.79 Å². The molecule has 2 aliphatic heterocycles. The van der Waals surface area contributed by atoms with E-state index in [1.54, 1.807) is 4.90 Å². The third kappa shape index (κ3) is 8.95. The molecule has 2 aromatic carbocycles. The Morgan fingerprint density at radius 3 is 2.23 bits per heavy atom. The smallest absolute Gasteiger partial charge is 0.410 e. The minimum absolute atomic E-state index is 0.0848. The largest absolute Gasteiger partial charge is 0.445 e. The fraction of sp³-hybridized carbons (Fsp3) is 0.594. The molecule has 1 unspecified atom stereocenters. The van der Waals surface area contributed by atoms with E-state index in [1.807, 2.05) is 30.3 Å². The lowest BCUT2D eigenvalue weighted by molar-refractivity contribution is -0.177. The minimum atomic E-state index is -0.290. The van der Waals surface area contributed by atoms with E-state index in [4.69, 9.17) is 18.9 Å². The number of amides is 1. The molecule has 214 valence electrons. The van der Waals surface area contributed by atoms with E-state index in [0.29, 0.717) is 25.6 Å². The molecule has 7 nitrogen and oxygen atoms in total. The van der Waals surface area contributed by atoms with E-state index in [9.17, 15) is 4.79 Å². The van der Waals surface area contributed by atoms with Crippen molar-refractivity contribution in [1.29, 1.82) is 0 Å². The SMILES string of the molecule is CCCCOC(OCCCC)C1CCN(c2ccc(C3CN(C(=O)OCc4ccccc4)CCO3)cc2)CC1. The van der Waals surface area contributed by atoms with Crippen LogP contribution in [-0.2, 0) is 25.6 Å². The molecule has 2 fully saturated rings. The Hall–Kier alpha value is -2.61. The number of morpholine rings is 1. The predicted octanol–water partition coefficient (Wildman–Crippen LogP) is 6.57. The van der Waals surface area contributed by atoms with Crippen LogP contribution in [-0.4, -0.2) is 63.3 Å². The van der Waals surface area contributed by atoms with Crippen molar-refractivity contribution in [2.24, 2.45) is 5.92 Å². The molecule has 7 heteroatoms. The van der Waals surface area contributed by atoms with E-state index in [1.165, 1.54) is 5.69 Å². The van der Waals surface area contributed by atoms with Crippen LogP contribution in [0.2, 0.25) is 0 Å². The monoisotopic (exact) mass is 538 g/mol. The Kier molecular flexibility index (Phi) is 11.9. The molecule has 2 aromatic rings. The van der Waals surface area contributed by atoms with Crippen molar-refractivity contribution in [3.05, 3.63) is 65.7 Å².